The van der Waals surface area contributed by atoms with Crippen molar-refractivity contribution in [1.29, 1.82) is 0 Å². The molecular formula is C18H8Cl2F3N3O5S. The van der Waals surface area contributed by atoms with Crippen LogP contribution in [0.2, 0.25) is 10.0 Å². The fourth-order valence-electron chi connectivity index (χ4n) is 2.59. The van der Waals surface area contributed by atoms with Crippen LogP contribution >= 0.6 is 35.4 Å². The molecule has 0 radical (unpaired) electrons. The number of carbonyl (C=O) groups is 2. The highest BCUT2D eigenvalue weighted by Gasteiger charge is 2.34. The molecule has 0 atom stereocenters. The Morgan fingerprint density at radius 3 is 2.28 bits per heavy atom. The Hall–Kier alpha value is -3.22. The van der Waals surface area contributed by atoms with Crippen molar-refractivity contribution in [3.05, 3.63) is 67.2 Å². The molecule has 14 heteroatoms. The molecule has 0 aromatic heterocycles. The molecule has 166 valence electrons. The van der Waals surface area contributed by atoms with Gasteiger partial charge in [0.25, 0.3) is 11.8 Å². The molecule has 2 aromatic carbocycles. The summed E-state index contributed by atoms with van der Waals surface area (Å²) in [5, 5.41) is 15.4. The van der Waals surface area contributed by atoms with Crippen molar-refractivity contribution in [2.45, 2.75) is 6.18 Å². The number of hydrogen-bond donors (Lipinski definition) is 2. The second-order valence-corrected chi connectivity index (χ2v) is 7.39. The molecular weight excluding hydrogens is 498 g/mol. The van der Waals surface area contributed by atoms with Gasteiger partial charge in [-0.15, -0.1) is 0 Å². The third-order valence-corrected chi connectivity index (χ3v) is 4.68. The summed E-state index contributed by atoms with van der Waals surface area (Å²) >= 11 is 16.8. The lowest BCUT2D eigenvalue weighted by atomic mass is 10.1. The minimum absolute atomic E-state index is 0.0511. The maximum absolute atomic E-state index is 12.9. The minimum atomic E-state index is -4.82. The normalized spacial score (nSPS) is 14.0. The van der Waals surface area contributed by atoms with E-state index < -0.39 is 45.5 Å². The zero-order chi connectivity index (χ0) is 23.8. The van der Waals surface area contributed by atoms with Gasteiger partial charge in [-0.2, -0.15) is 13.2 Å². The highest BCUT2D eigenvalue weighted by molar-refractivity contribution is 7.80. The summed E-state index contributed by atoms with van der Waals surface area (Å²) in [5.41, 5.74) is -2.70. The van der Waals surface area contributed by atoms with Gasteiger partial charge >= 0.3 is 11.9 Å². The molecule has 1 saturated heterocycles. The Morgan fingerprint density at radius 1 is 1.09 bits per heavy atom. The van der Waals surface area contributed by atoms with E-state index >= 15 is 0 Å². The van der Waals surface area contributed by atoms with Crippen molar-refractivity contribution >= 4 is 64.1 Å². The van der Waals surface area contributed by atoms with Gasteiger partial charge in [0.15, 0.2) is 10.9 Å². The van der Waals surface area contributed by atoms with Gasteiger partial charge < -0.3 is 4.74 Å². The van der Waals surface area contributed by atoms with Gasteiger partial charge in [-0.25, -0.2) is 0 Å². The molecule has 1 aliphatic heterocycles. The molecule has 2 N–H and O–H groups in total. The van der Waals surface area contributed by atoms with Gasteiger partial charge in [-0.1, -0.05) is 23.2 Å². The van der Waals surface area contributed by atoms with Crippen LogP contribution in [0.3, 0.4) is 0 Å². The standard InChI is InChI=1S/C18H8Cl2F3N3O5S/c19-9-3-7(4-10-15(27)24-17(32)25-16(10)28)14(11(20)6-9)31-13-2-1-8(18(21,22)23)5-12(13)26(29)30/h1-6H,(H2,24,25,27,28,32). The maximum atomic E-state index is 12.9. The highest BCUT2D eigenvalue weighted by atomic mass is 35.5. The number of nitrogens with zero attached hydrogens (tertiary/aromatic N) is 1. The van der Waals surface area contributed by atoms with Crippen molar-refractivity contribution in [3.63, 3.8) is 0 Å². The number of halogens is 5. The van der Waals surface area contributed by atoms with Crippen LogP contribution in [-0.2, 0) is 15.8 Å². The van der Waals surface area contributed by atoms with Crippen molar-refractivity contribution < 1.29 is 32.4 Å². The van der Waals surface area contributed by atoms with Gasteiger partial charge in [0.2, 0.25) is 5.75 Å². The van der Waals surface area contributed by atoms with Crippen LogP contribution in [0, 0.1) is 10.1 Å². The van der Waals surface area contributed by atoms with E-state index in [1.165, 1.54) is 12.1 Å². The molecule has 32 heavy (non-hydrogen) atoms. The lowest BCUT2D eigenvalue weighted by Gasteiger charge is -2.17. The number of benzene rings is 2. The van der Waals surface area contributed by atoms with E-state index in [0.29, 0.717) is 12.1 Å². The molecule has 0 bridgehead atoms. The molecule has 0 saturated carbocycles. The van der Waals surface area contributed by atoms with Crippen LogP contribution in [-0.4, -0.2) is 21.9 Å². The summed E-state index contributed by atoms with van der Waals surface area (Å²) in [6, 6.07) is 4.08. The number of rotatable bonds is 4. The van der Waals surface area contributed by atoms with Crippen LogP contribution in [0.4, 0.5) is 18.9 Å². The third kappa shape index (κ3) is 4.98. The Balaban J connectivity index is 2.12. The first kappa shape index (κ1) is 23.4. The number of nitrogens with one attached hydrogen (secondary N) is 2. The Labute approximate surface area is 192 Å². The zero-order valence-electron chi connectivity index (χ0n) is 15.3. The van der Waals surface area contributed by atoms with E-state index in [0.717, 1.165) is 12.1 Å². The van der Waals surface area contributed by atoms with Gasteiger partial charge in [0.05, 0.1) is 15.5 Å². The smallest absolute Gasteiger partial charge is 0.416 e. The summed E-state index contributed by atoms with van der Waals surface area (Å²) in [4.78, 5) is 34.5. The van der Waals surface area contributed by atoms with Crippen LogP contribution in [0.15, 0.2) is 35.9 Å². The first-order chi connectivity index (χ1) is 14.9. The SMILES string of the molecule is O=C1NC(=S)NC(=O)C1=Cc1cc(Cl)cc(Cl)c1Oc1ccc(C(F)(F)F)cc1[N+](=O)[O-]. The predicted octanol–water partition coefficient (Wildman–Crippen LogP) is 4.63. The first-order valence-corrected chi connectivity index (χ1v) is 9.44. The second-order valence-electron chi connectivity index (χ2n) is 6.14. The molecule has 2 amide bonds. The van der Waals surface area contributed by atoms with E-state index in [2.05, 4.69) is 10.6 Å². The fourth-order valence-corrected chi connectivity index (χ4v) is 3.32. The molecule has 0 unspecified atom stereocenters. The van der Waals surface area contributed by atoms with Crippen molar-refractivity contribution in [2.75, 3.05) is 0 Å². The molecule has 2 aromatic rings. The molecule has 1 fully saturated rings. The summed E-state index contributed by atoms with van der Waals surface area (Å²) in [6.07, 6.45) is -3.78. The average molecular weight is 506 g/mol. The molecule has 1 aliphatic rings. The number of hydrogen-bond acceptors (Lipinski definition) is 6. The number of nitro groups is 1. The van der Waals surface area contributed by atoms with E-state index in [9.17, 15) is 32.9 Å². The summed E-state index contributed by atoms with van der Waals surface area (Å²) < 4.78 is 44.3. The number of amides is 2. The first-order valence-electron chi connectivity index (χ1n) is 8.27. The Kier molecular flexibility index (Phi) is 6.39. The van der Waals surface area contributed by atoms with Crippen LogP contribution in [0.25, 0.3) is 6.08 Å². The molecule has 1 heterocycles. The van der Waals surface area contributed by atoms with E-state index in [-0.39, 0.29) is 26.5 Å². The van der Waals surface area contributed by atoms with E-state index in [1.54, 1.807) is 0 Å². The lowest BCUT2D eigenvalue weighted by Crippen LogP contribution is -2.51. The van der Waals surface area contributed by atoms with Crippen LogP contribution in [0.5, 0.6) is 11.5 Å². The zero-order valence-corrected chi connectivity index (χ0v) is 17.6. The van der Waals surface area contributed by atoms with Gasteiger partial charge in [0.1, 0.15) is 5.57 Å². The fraction of sp³-hybridized carbons (Fsp3) is 0.0556. The molecule has 0 aliphatic carbocycles. The summed E-state index contributed by atoms with van der Waals surface area (Å²) in [5.74, 6) is -2.55. The third-order valence-electron chi connectivity index (χ3n) is 3.98. The van der Waals surface area contributed by atoms with Gasteiger partial charge in [-0.05, 0) is 42.6 Å². The highest BCUT2D eigenvalue weighted by Crippen LogP contribution is 2.42. The molecule has 3 rings (SSSR count). The van der Waals surface area contributed by atoms with Gasteiger partial charge in [-0.3, -0.25) is 30.3 Å². The monoisotopic (exact) mass is 505 g/mol. The summed E-state index contributed by atoms with van der Waals surface area (Å²) in [7, 11) is 0. The largest absolute Gasteiger partial charge is 0.448 e. The number of nitro benzene ring substituents is 1. The lowest BCUT2D eigenvalue weighted by molar-refractivity contribution is -0.385. The van der Waals surface area contributed by atoms with Gasteiger partial charge in [0, 0.05) is 16.7 Å². The average Bonchev–Trinajstić information content (AvgIpc) is 2.66. The maximum Gasteiger partial charge on any atom is 0.416 e. The number of thiocarbonyl (C=S) groups is 1. The van der Waals surface area contributed by atoms with Crippen LogP contribution in [0.1, 0.15) is 11.1 Å². The number of alkyl halides is 3. The van der Waals surface area contributed by atoms with Crippen molar-refractivity contribution in [3.8, 4) is 11.5 Å². The van der Waals surface area contributed by atoms with Crippen molar-refractivity contribution in [2.24, 2.45) is 0 Å². The van der Waals surface area contributed by atoms with Crippen molar-refractivity contribution in [1.82, 2.24) is 10.6 Å². The molecule has 8 nitrogen and oxygen atoms in total. The summed E-state index contributed by atoms with van der Waals surface area (Å²) in [6.45, 7) is 0. The minimum Gasteiger partial charge on any atom is -0.448 e. The van der Waals surface area contributed by atoms with E-state index in [1.807, 2.05) is 0 Å². The van der Waals surface area contributed by atoms with E-state index in [4.69, 9.17) is 40.2 Å². The predicted molar refractivity (Wildman–Crippen MR) is 111 cm³/mol. The van der Waals surface area contributed by atoms with Crippen LogP contribution < -0.4 is 15.4 Å². The number of ether oxygens (including phenoxy) is 1. The Bertz CT molecular complexity index is 1200. The topological polar surface area (TPSA) is 111 Å². The Morgan fingerprint density at radius 2 is 1.72 bits per heavy atom. The molecule has 0 spiro atoms. The second kappa shape index (κ2) is 8.73. The number of carbonyl (C=O) groups excluding carboxylic acids is 2. The quantitative estimate of drug-likeness (QED) is 0.206.